The third kappa shape index (κ3) is 4.07. The lowest BCUT2D eigenvalue weighted by Gasteiger charge is -2.27. The van der Waals surface area contributed by atoms with Gasteiger partial charge in [0, 0.05) is 35.5 Å². The zero-order valence-electron chi connectivity index (χ0n) is 18.1. The molecule has 0 unspecified atom stereocenters. The lowest BCUT2D eigenvalue weighted by Crippen LogP contribution is -2.32. The molecule has 168 valence electrons. The van der Waals surface area contributed by atoms with E-state index in [9.17, 15) is 4.79 Å². The van der Waals surface area contributed by atoms with Gasteiger partial charge >= 0.3 is 0 Å². The standard InChI is InChI=1S/C25H21ClFN3O2S/c1-25(2,27)20-21-22(15(8-11-29-21)14-7-10-28-19(26)13-14)33-23(20)24(31)30-17-9-12-32-18-6-4-3-5-16(17)18/h3-8,10-11,13,17H,9,12H2,1-2H3,(H,30,31)/t17-/m0/s1. The quantitative estimate of drug-likeness (QED) is 0.339. The molecular weight excluding hydrogens is 461 g/mol. The maximum absolute atomic E-state index is 15.5. The van der Waals surface area contributed by atoms with Crippen LogP contribution in [0, 0.1) is 0 Å². The fourth-order valence-electron chi connectivity index (χ4n) is 4.21. The molecule has 1 amide bonds. The van der Waals surface area contributed by atoms with Crippen molar-refractivity contribution in [3.8, 4) is 16.9 Å². The Hall–Kier alpha value is -3.03. The van der Waals surface area contributed by atoms with E-state index in [-0.39, 0.29) is 11.9 Å². The molecule has 1 aliphatic heterocycles. The van der Waals surface area contributed by atoms with Crippen LogP contribution >= 0.6 is 22.9 Å². The van der Waals surface area contributed by atoms with E-state index >= 15 is 4.39 Å². The Balaban J connectivity index is 1.61. The first kappa shape index (κ1) is 21.8. The fraction of sp³-hybridized carbons (Fsp3) is 0.240. The van der Waals surface area contributed by atoms with Crippen molar-refractivity contribution in [3.63, 3.8) is 0 Å². The van der Waals surface area contributed by atoms with Crippen LogP contribution in [-0.4, -0.2) is 22.5 Å². The summed E-state index contributed by atoms with van der Waals surface area (Å²) >= 11 is 7.34. The number of carbonyl (C=O) groups is 1. The van der Waals surface area contributed by atoms with Crippen LogP contribution in [0.4, 0.5) is 4.39 Å². The van der Waals surface area contributed by atoms with Crippen LogP contribution in [0.15, 0.2) is 54.9 Å². The summed E-state index contributed by atoms with van der Waals surface area (Å²) in [5.41, 5.74) is 1.59. The van der Waals surface area contributed by atoms with Crippen molar-refractivity contribution in [1.82, 2.24) is 15.3 Å². The molecule has 5 rings (SSSR count). The Morgan fingerprint density at radius 1 is 1.21 bits per heavy atom. The smallest absolute Gasteiger partial charge is 0.262 e. The molecule has 1 aliphatic rings. The van der Waals surface area contributed by atoms with Crippen molar-refractivity contribution in [2.75, 3.05) is 6.61 Å². The second-order valence-corrected chi connectivity index (χ2v) is 9.79. The van der Waals surface area contributed by atoms with Gasteiger partial charge in [-0.1, -0.05) is 29.8 Å². The highest BCUT2D eigenvalue weighted by Gasteiger charge is 2.34. The van der Waals surface area contributed by atoms with E-state index < -0.39 is 5.67 Å². The maximum Gasteiger partial charge on any atom is 0.262 e. The number of pyridine rings is 2. The van der Waals surface area contributed by atoms with E-state index in [2.05, 4.69) is 15.3 Å². The van der Waals surface area contributed by atoms with E-state index in [1.807, 2.05) is 36.4 Å². The third-order valence-electron chi connectivity index (χ3n) is 5.67. The van der Waals surface area contributed by atoms with Crippen LogP contribution in [0.2, 0.25) is 5.15 Å². The van der Waals surface area contributed by atoms with Crippen molar-refractivity contribution < 1.29 is 13.9 Å². The van der Waals surface area contributed by atoms with Crippen LogP contribution in [0.1, 0.15) is 47.1 Å². The van der Waals surface area contributed by atoms with E-state index in [1.54, 1.807) is 18.5 Å². The molecule has 1 aromatic carbocycles. The normalized spacial score (nSPS) is 15.7. The average Bonchev–Trinajstić information content (AvgIpc) is 3.20. The molecule has 0 radical (unpaired) electrons. The fourth-order valence-corrected chi connectivity index (χ4v) is 5.73. The molecule has 4 aromatic rings. The molecule has 0 saturated carbocycles. The number of halogens is 2. The number of para-hydroxylation sites is 1. The van der Waals surface area contributed by atoms with Gasteiger partial charge < -0.3 is 10.1 Å². The molecule has 4 heterocycles. The molecule has 0 saturated heterocycles. The summed E-state index contributed by atoms with van der Waals surface area (Å²) in [5.74, 6) is 0.439. The van der Waals surface area contributed by atoms with Gasteiger partial charge in [-0.15, -0.1) is 11.3 Å². The number of rotatable bonds is 4. The number of alkyl halides is 1. The number of thiophene rings is 1. The van der Waals surface area contributed by atoms with E-state index in [0.29, 0.717) is 34.1 Å². The lowest BCUT2D eigenvalue weighted by molar-refractivity contribution is 0.0922. The van der Waals surface area contributed by atoms with Crippen LogP contribution in [0.5, 0.6) is 5.75 Å². The highest BCUT2D eigenvalue weighted by molar-refractivity contribution is 7.21. The van der Waals surface area contributed by atoms with Crippen LogP contribution < -0.4 is 10.1 Å². The molecule has 1 atom stereocenters. The van der Waals surface area contributed by atoms with E-state index in [0.717, 1.165) is 27.1 Å². The van der Waals surface area contributed by atoms with Gasteiger partial charge in [-0.3, -0.25) is 9.78 Å². The number of nitrogens with one attached hydrogen (secondary N) is 1. The van der Waals surface area contributed by atoms with Gasteiger partial charge in [0.2, 0.25) is 0 Å². The van der Waals surface area contributed by atoms with Gasteiger partial charge in [0.15, 0.2) is 0 Å². The highest BCUT2D eigenvalue weighted by Crippen LogP contribution is 2.43. The van der Waals surface area contributed by atoms with Crippen molar-refractivity contribution in [3.05, 3.63) is 76.0 Å². The van der Waals surface area contributed by atoms with Gasteiger partial charge in [-0.2, -0.15) is 0 Å². The Labute approximate surface area is 199 Å². The lowest BCUT2D eigenvalue weighted by atomic mass is 9.96. The van der Waals surface area contributed by atoms with Crippen LogP contribution in [-0.2, 0) is 5.67 Å². The number of benzene rings is 1. The number of aromatic nitrogens is 2. The maximum atomic E-state index is 15.5. The number of hydrogen-bond acceptors (Lipinski definition) is 5. The summed E-state index contributed by atoms with van der Waals surface area (Å²) in [6.45, 7) is 3.41. The number of fused-ring (bicyclic) bond motifs is 2. The Bertz CT molecular complexity index is 1370. The molecule has 0 bridgehead atoms. The summed E-state index contributed by atoms with van der Waals surface area (Å²) in [5, 5.41) is 3.46. The molecular formula is C25H21ClFN3O2S. The summed E-state index contributed by atoms with van der Waals surface area (Å²) < 4.78 is 21.9. The van der Waals surface area contributed by atoms with E-state index in [1.165, 1.54) is 25.2 Å². The Kier molecular flexibility index (Phi) is 5.54. The monoisotopic (exact) mass is 481 g/mol. The topological polar surface area (TPSA) is 64.1 Å². The van der Waals surface area contributed by atoms with Crippen LogP contribution in [0.3, 0.4) is 0 Å². The summed E-state index contributed by atoms with van der Waals surface area (Å²) in [6.07, 6.45) is 3.89. The van der Waals surface area contributed by atoms with Gasteiger partial charge in [0.25, 0.3) is 5.91 Å². The number of ether oxygens (including phenoxy) is 1. The first-order valence-corrected chi connectivity index (χ1v) is 11.8. The first-order chi connectivity index (χ1) is 15.8. The molecule has 3 aromatic heterocycles. The van der Waals surface area contributed by atoms with Crippen molar-refractivity contribution in [2.45, 2.75) is 32.0 Å². The predicted molar refractivity (Wildman–Crippen MR) is 129 cm³/mol. The molecule has 0 spiro atoms. The third-order valence-corrected chi connectivity index (χ3v) is 7.09. The summed E-state index contributed by atoms with van der Waals surface area (Å²) in [4.78, 5) is 22.3. The zero-order valence-corrected chi connectivity index (χ0v) is 19.6. The van der Waals surface area contributed by atoms with Crippen LogP contribution in [0.25, 0.3) is 21.3 Å². The first-order valence-electron chi connectivity index (χ1n) is 10.6. The molecule has 5 nitrogen and oxygen atoms in total. The molecule has 0 fully saturated rings. The van der Waals surface area contributed by atoms with Gasteiger partial charge in [0.1, 0.15) is 21.4 Å². The summed E-state index contributed by atoms with van der Waals surface area (Å²) in [6, 6.07) is 12.9. The average molecular weight is 482 g/mol. The highest BCUT2D eigenvalue weighted by atomic mass is 35.5. The predicted octanol–water partition coefficient (Wildman–Crippen LogP) is 6.47. The number of hydrogen-bond donors (Lipinski definition) is 1. The second-order valence-electron chi connectivity index (χ2n) is 8.38. The van der Waals surface area contributed by atoms with Gasteiger partial charge in [0.05, 0.1) is 22.9 Å². The molecule has 8 heteroatoms. The molecule has 33 heavy (non-hydrogen) atoms. The minimum absolute atomic E-state index is 0.213. The van der Waals surface area contributed by atoms with Gasteiger partial charge in [-0.05, 0) is 43.7 Å². The number of carbonyl (C=O) groups excluding carboxylic acids is 1. The SMILES string of the molecule is CC(C)(F)c1c(C(=O)N[C@H]2CCOc3ccccc32)sc2c(-c3ccnc(Cl)c3)ccnc12. The van der Waals surface area contributed by atoms with Crippen molar-refractivity contribution in [1.29, 1.82) is 0 Å². The molecule has 1 N–H and O–H groups in total. The zero-order chi connectivity index (χ0) is 23.2. The summed E-state index contributed by atoms with van der Waals surface area (Å²) in [7, 11) is 0. The largest absolute Gasteiger partial charge is 0.493 e. The van der Waals surface area contributed by atoms with Gasteiger partial charge in [-0.25, -0.2) is 9.37 Å². The molecule has 0 aliphatic carbocycles. The van der Waals surface area contributed by atoms with Crippen molar-refractivity contribution in [2.24, 2.45) is 0 Å². The van der Waals surface area contributed by atoms with Crippen molar-refractivity contribution >= 4 is 39.1 Å². The Morgan fingerprint density at radius 3 is 2.79 bits per heavy atom. The Morgan fingerprint density at radius 2 is 2.00 bits per heavy atom. The minimum atomic E-state index is -1.76. The second kappa shape index (κ2) is 8.39. The van der Waals surface area contributed by atoms with E-state index in [4.69, 9.17) is 16.3 Å². The minimum Gasteiger partial charge on any atom is -0.493 e. The number of amides is 1. The number of nitrogens with zero attached hydrogens (tertiary/aromatic N) is 2.